The molecule has 1 aromatic heterocycles. The van der Waals surface area contributed by atoms with Gasteiger partial charge in [0, 0.05) is 11.4 Å². The Hall–Kier alpha value is -3.09. The smallest absolute Gasteiger partial charge is 0.312 e. The molecule has 3 aliphatic rings. The standard InChI is InChI=1S/C29H36BrN5O6/c1-4-7-10-14-40-28(39)22-23-26(37)35(18(6-3)16-36)25(29(23)15-19(30)24(22)41-29)27(38)33(13-5-2)17-34-21-12-9-8-11-20(21)31-32-34/h4-5,8-9,11-12,18-19,22-25,36H,1-2,6-7,10,13-17H2,3H3/t18-,19?,22+,23-,24+,25?,29?/m0/s1. The largest absolute Gasteiger partial charge is 0.465 e. The first-order chi connectivity index (χ1) is 19.8. The van der Waals surface area contributed by atoms with E-state index in [1.54, 1.807) is 21.7 Å². The van der Waals surface area contributed by atoms with Gasteiger partial charge in [-0.3, -0.25) is 14.4 Å². The Labute approximate surface area is 247 Å². The van der Waals surface area contributed by atoms with Gasteiger partial charge in [-0.1, -0.05) is 52.4 Å². The van der Waals surface area contributed by atoms with Crippen LogP contribution in [0.4, 0.5) is 0 Å². The Kier molecular flexibility index (Phi) is 8.62. The molecule has 4 heterocycles. The Bertz CT molecular complexity index is 1330. The molecule has 5 rings (SSSR count). The number of halogens is 1. The topological polar surface area (TPSA) is 127 Å². The number of amides is 2. The van der Waals surface area contributed by atoms with Gasteiger partial charge in [-0.15, -0.1) is 18.3 Å². The summed E-state index contributed by atoms with van der Waals surface area (Å²) in [5, 5.41) is 18.7. The summed E-state index contributed by atoms with van der Waals surface area (Å²) in [5.74, 6) is -3.02. The van der Waals surface area contributed by atoms with E-state index >= 15 is 0 Å². The summed E-state index contributed by atoms with van der Waals surface area (Å²) in [6.45, 7) is 9.49. The molecular weight excluding hydrogens is 594 g/mol. The van der Waals surface area contributed by atoms with Crippen molar-refractivity contribution in [2.45, 2.75) is 67.9 Å². The third kappa shape index (κ3) is 4.89. The lowest BCUT2D eigenvalue weighted by Gasteiger charge is -2.39. The highest BCUT2D eigenvalue weighted by atomic mass is 79.9. The van der Waals surface area contributed by atoms with Crippen LogP contribution < -0.4 is 0 Å². The number of ether oxygens (including phenoxy) is 2. The first kappa shape index (κ1) is 29.4. The fraction of sp³-hybridized carbons (Fsp3) is 0.552. The van der Waals surface area contributed by atoms with Crippen LogP contribution in [0, 0.1) is 11.8 Å². The lowest BCUT2D eigenvalue weighted by molar-refractivity contribution is -0.156. The Morgan fingerprint density at radius 2 is 2.12 bits per heavy atom. The minimum Gasteiger partial charge on any atom is -0.465 e. The summed E-state index contributed by atoms with van der Waals surface area (Å²) < 4.78 is 13.8. The van der Waals surface area contributed by atoms with Crippen molar-refractivity contribution in [1.29, 1.82) is 0 Å². The van der Waals surface area contributed by atoms with Crippen molar-refractivity contribution >= 4 is 44.7 Å². The Morgan fingerprint density at radius 1 is 1.34 bits per heavy atom. The normalized spacial score (nSPS) is 29.0. The van der Waals surface area contributed by atoms with Crippen molar-refractivity contribution in [2.24, 2.45) is 11.8 Å². The van der Waals surface area contributed by atoms with Crippen LogP contribution in [0.15, 0.2) is 49.6 Å². The number of hydrogen-bond donors (Lipinski definition) is 1. The molecule has 3 aliphatic heterocycles. The molecule has 12 heteroatoms. The zero-order chi connectivity index (χ0) is 29.3. The van der Waals surface area contributed by atoms with Gasteiger partial charge in [0.2, 0.25) is 11.8 Å². The van der Waals surface area contributed by atoms with E-state index in [0.29, 0.717) is 31.2 Å². The second kappa shape index (κ2) is 12.0. The number of likely N-dealkylation sites (tertiary alicyclic amines) is 1. The average molecular weight is 631 g/mol. The fourth-order valence-electron chi connectivity index (χ4n) is 6.65. The van der Waals surface area contributed by atoms with Crippen molar-refractivity contribution in [3.63, 3.8) is 0 Å². The molecule has 0 saturated carbocycles. The van der Waals surface area contributed by atoms with E-state index in [1.807, 2.05) is 31.2 Å². The molecule has 220 valence electrons. The Balaban J connectivity index is 1.51. The number of rotatable bonds is 13. The molecule has 0 aliphatic carbocycles. The molecule has 1 spiro atoms. The molecule has 0 radical (unpaired) electrons. The molecule has 2 bridgehead atoms. The van der Waals surface area contributed by atoms with Crippen molar-refractivity contribution in [3.05, 3.63) is 49.6 Å². The molecule has 3 saturated heterocycles. The predicted octanol–water partition coefficient (Wildman–Crippen LogP) is 2.43. The van der Waals surface area contributed by atoms with Crippen molar-refractivity contribution in [3.8, 4) is 0 Å². The predicted molar refractivity (Wildman–Crippen MR) is 154 cm³/mol. The molecule has 1 aromatic carbocycles. The monoisotopic (exact) mass is 629 g/mol. The van der Waals surface area contributed by atoms with Crippen LogP contribution in [0.25, 0.3) is 11.0 Å². The van der Waals surface area contributed by atoms with E-state index in [0.717, 1.165) is 5.52 Å². The highest BCUT2D eigenvalue weighted by Crippen LogP contribution is 2.60. The summed E-state index contributed by atoms with van der Waals surface area (Å²) in [7, 11) is 0. The average Bonchev–Trinajstić information content (AvgIpc) is 3.69. The van der Waals surface area contributed by atoms with E-state index in [-0.39, 0.29) is 43.1 Å². The van der Waals surface area contributed by atoms with Gasteiger partial charge in [-0.2, -0.15) is 0 Å². The van der Waals surface area contributed by atoms with Gasteiger partial charge in [0.15, 0.2) is 0 Å². The number of alkyl halides is 1. The molecule has 3 unspecified atom stereocenters. The number of benzene rings is 1. The number of para-hydroxylation sites is 1. The van der Waals surface area contributed by atoms with Crippen molar-refractivity contribution in [2.75, 3.05) is 19.8 Å². The van der Waals surface area contributed by atoms with Gasteiger partial charge in [0.25, 0.3) is 0 Å². The van der Waals surface area contributed by atoms with Crippen LogP contribution in [-0.2, 0) is 30.5 Å². The maximum atomic E-state index is 14.6. The first-order valence-electron chi connectivity index (χ1n) is 14.0. The second-order valence-electron chi connectivity index (χ2n) is 10.8. The van der Waals surface area contributed by atoms with Crippen LogP contribution in [0.2, 0.25) is 0 Å². The van der Waals surface area contributed by atoms with Gasteiger partial charge in [-0.25, -0.2) is 4.68 Å². The molecule has 1 N–H and O–H groups in total. The summed E-state index contributed by atoms with van der Waals surface area (Å²) in [5.41, 5.74) is 0.185. The number of aliphatic hydroxyl groups is 1. The molecule has 7 atom stereocenters. The summed E-state index contributed by atoms with van der Waals surface area (Å²) in [6, 6.07) is 5.75. The van der Waals surface area contributed by atoms with Crippen LogP contribution >= 0.6 is 15.9 Å². The highest BCUT2D eigenvalue weighted by Gasteiger charge is 2.77. The number of esters is 1. The minimum atomic E-state index is -1.26. The molecule has 41 heavy (non-hydrogen) atoms. The number of carbonyl (C=O) groups is 3. The number of fused-ring (bicyclic) bond motifs is 2. The molecule has 2 amide bonds. The molecule has 3 fully saturated rings. The van der Waals surface area contributed by atoms with Gasteiger partial charge in [0.1, 0.15) is 23.8 Å². The lowest BCUT2D eigenvalue weighted by Crippen LogP contribution is -2.59. The third-order valence-electron chi connectivity index (χ3n) is 8.49. The number of carbonyl (C=O) groups excluding carboxylic acids is 3. The maximum Gasteiger partial charge on any atom is 0.312 e. The third-order valence-corrected chi connectivity index (χ3v) is 9.34. The Morgan fingerprint density at radius 3 is 2.83 bits per heavy atom. The SMILES string of the molecule is C=CCCCOC(=O)[C@H]1[C@@H]2OC3(CC2Br)C(C(=O)N(CC=C)Cn2nnc4ccccc42)N([C@@H](CC)CO)C(=O)[C@H]13. The van der Waals surface area contributed by atoms with E-state index in [2.05, 4.69) is 39.4 Å². The zero-order valence-corrected chi connectivity index (χ0v) is 24.7. The van der Waals surface area contributed by atoms with Crippen LogP contribution in [0.1, 0.15) is 32.6 Å². The number of aliphatic hydroxyl groups excluding tert-OH is 1. The zero-order valence-electron chi connectivity index (χ0n) is 23.1. The highest BCUT2D eigenvalue weighted by molar-refractivity contribution is 9.09. The fourth-order valence-corrected chi connectivity index (χ4v) is 7.59. The number of aromatic nitrogens is 3. The number of allylic oxidation sites excluding steroid dienone is 1. The van der Waals surface area contributed by atoms with Crippen LogP contribution in [0.5, 0.6) is 0 Å². The molecule has 11 nitrogen and oxygen atoms in total. The number of unbranched alkanes of at least 4 members (excludes halogenated alkanes) is 1. The summed E-state index contributed by atoms with van der Waals surface area (Å²) in [4.78, 5) is 44.9. The summed E-state index contributed by atoms with van der Waals surface area (Å²) in [6.07, 6.45) is 4.85. The first-order valence-corrected chi connectivity index (χ1v) is 14.9. The van der Waals surface area contributed by atoms with Crippen molar-refractivity contribution in [1.82, 2.24) is 24.8 Å². The number of hydrogen-bond acceptors (Lipinski definition) is 8. The maximum absolute atomic E-state index is 14.6. The lowest BCUT2D eigenvalue weighted by atomic mass is 9.70. The molecular formula is C29H36BrN5O6. The van der Waals surface area contributed by atoms with Crippen LogP contribution in [-0.4, -0.2) is 96.1 Å². The molecule has 2 aromatic rings. The van der Waals surface area contributed by atoms with Crippen molar-refractivity contribution < 1.29 is 29.0 Å². The minimum absolute atomic E-state index is 0.0660. The van der Waals surface area contributed by atoms with Gasteiger partial charge in [-0.05, 0) is 37.8 Å². The van der Waals surface area contributed by atoms with Gasteiger partial charge in [0.05, 0.1) is 42.7 Å². The van der Waals surface area contributed by atoms with E-state index in [4.69, 9.17) is 9.47 Å². The quantitative estimate of drug-likeness (QED) is 0.155. The number of nitrogens with zero attached hydrogens (tertiary/aromatic N) is 5. The van der Waals surface area contributed by atoms with E-state index in [1.165, 1.54) is 4.90 Å². The second-order valence-corrected chi connectivity index (χ2v) is 12.0. The summed E-state index contributed by atoms with van der Waals surface area (Å²) >= 11 is 3.67. The van der Waals surface area contributed by atoms with Crippen LogP contribution in [0.3, 0.4) is 0 Å². The van der Waals surface area contributed by atoms with Gasteiger partial charge < -0.3 is 24.4 Å². The van der Waals surface area contributed by atoms with E-state index < -0.39 is 41.6 Å². The van der Waals surface area contributed by atoms with E-state index in [9.17, 15) is 19.5 Å². The van der Waals surface area contributed by atoms with Gasteiger partial charge >= 0.3 is 5.97 Å².